The van der Waals surface area contributed by atoms with Gasteiger partial charge in [-0.05, 0) is 19.1 Å². The summed E-state index contributed by atoms with van der Waals surface area (Å²) in [5.74, 6) is -1.76. The molecule has 1 aliphatic rings. The largest absolute Gasteiger partial charge is 0.858 e. The molecule has 2 rings (SSSR count). The third-order valence-corrected chi connectivity index (χ3v) is 2.92. The van der Waals surface area contributed by atoms with Crippen LogP contribution < -0.4 is 20.4 Å². The summed E-state index contributed by atoms with van der Waals surface area (Å²) in [5.41, 5.74) is 0.164. The molecule has 0 fully saturated rings. The van der Waals surface area contributed by atoms with Crippen LogP contribution >= 0.6 is 0 Å². The average Bonchev–Trinajstić information content (AvgIpc) is 2.58. The quantitative estimate of drug-likeness (QED) is 0.314. The number of carboxylic acid groups (broad SMARTS) is 3. The Morgan fingerprint density at radius 2 is 1.42 bits per heavy atom. The number of fused-ring (bicyclic) bond motifs is 1. The van der Waals surface area contributed by atoms with Gasteiger partial charge < -0.3 is 45.3 Å². The number of hydrogen-bond acceptors (Lipinski definition) is 11. The van der Waals surface area contributed by atoms with Gasteiger partial charge in [-0.1, -0.05) is 18.2 Å². The summed E-state index contributed by atoms with van der Waals surface area (Å²) >= 11 is 0. The van der Waals surface area contributed by atoms with E-state index in [1.165, 1.54) is 12.1 Å². The van der Waals surface area contributed by atoms with E-state index in [0.29, 0.717) is 0 Å². The molecule has 134 valence electrons. The van der Waals surface area contributed by atoms with Crippen LogP contribution in [0.5, 0.6) is 0 Å². The Balaban J connectivity index is 0. The Kier molecular flexibility index (Phi) is 9.84. The van der Waals surface area contributed by atoms with Crippen LogP contribution in [-0.2, 0) is 14.8 Å². The van der Waals surface area contributed by atoms with Crippen molar-refractivity contribution >= 4 is 28.0 Å². The molecule has 13 nitrogen and oxygen atoms in total. The predicted octanol–water partition coefficient (Wildman–Crippen LogP) is -4.43. The van der Waals surface area contributed by atoms with Crippen molar-refractivity contribution in [3.8, 4) is 0 Å². The smallest absolute Gasteiger partial charge is 0.282 e. The van der Waals surface area contributed by atoms with Crippen LogP contribution in [0, 0.1) is 15.3 Å². The van der Waals surface area contributed by atoms with Gasteiger partial charge in [-0.25, -0.2) is 0 Å². The van der Waals surface area contributed by atoms with E-state index in [1.807, 2.05) is 0 Å². The van der Waals surface area contributed by atoms with Gasteiger partial charge in [0.25, 0.3) is 10.0 Å². The number of carbonyl (C=O) groups excluding carboxylic acids is 2. The highest BCUT2D eigenvalue weighted by molar-refractivity contribution is 7.90. The number of rotatable bonds is 0. The molecule has 1 heterocycles. The molecule has 0 spiro atoms. The van der Waals surface area contributed by atoms with Gasteiger partial charge in [0.05, 0.1) is 9.98 Å². The van der Waals surface area contributed by atoms with Crippen molar-refractivity contribution < 1.29 is 43.5 Å². The molecule has 0 aliphatic carbocycles. The van der Waals surface area contributed by atoms with Crippen LogP contribution in [0.25, 0.3) is 0 Å². The Labute approximate surface area is 133 Å². The van der Waals surface area contributed by atoms with Crippen molar-refractivity contribution in [2.45, 2.75) is 11.8 Å². The highest BCUT2D eigenvalue weighted by Gasteiger charge is 2.22. The summed E-state index contributed by atoms with van der Waals surface area (Å²) in [6.07, 6.45) is -2.33. The van der Waals surface area contributed by atoms with Crippen LogP contribution in [0.2, 0.25) is 0 Å². The minimum Gasteiger partial charge on any atom is -0.858 e. The van der Waals surface area contributed by atoms with Crippen molar-refractivity contribution in [2.24, 2.45) is 4.40 Å². The van der Waals surface area contributed by atoms with Crippen molar-refractivity contribution in [3.05, 3.63) is 45.2 Å². The molecule has 1 aromatic rings. The van der Waals surface area contributed by atoms with Crippen molar-refractivity contribution in [1.82, 2.24) is 0 Å². The predicted molar refractivity (Wildman–Crippen MR) is 66.6 cm³/mol. The van der Waals surface area contributed by atoms with E-state index in [-0.39, 0.29) is 10.5 Å². The molecule has 1 aromatic carbocycles. The molecule has 0 atom stereocenters. The van der Waals surface area contributed by atoms with Gasteiger partial charge in [0.1, 0.15) is 0 Å². The molecule has 0 aromatic heterocycles. The molecule has 14 heteroatoms. The topological polar surface area (TPSA) is 239 Å². The monoisotopic (exact) mass is 363 g/mol. The molecule has 0 bridgehead atoms. The minimum atomic E-state index is -3.68. The lowest BCUT2D eigenvalue weighted by Crippen LogP contribution is -2.37. The Hall–Kier alpha value is -3.42. The van der Waals surface area contributed by atoms with Crippen LogP contribution in [0.1, 0.15) is 12.5 Å². The van der Waals surface area contributed by atoms with Crippen molar-refractivity contribution in [2.75, 3.05) is 0 Å². The van der Waals surface area contributed by atoms with Crippen LogP contribution in [0.15, 0.2) is 33.6 Å². The maximum atomic E-state index is 11.1. The number of carbonyl (C=O) groups is 2. The Morgan fingerprint density at radius 1 is 1.08 bits per heavy atom. The molecule has 1 aliphatic heterocycles. The summed E-state index contributed by atoms with van der Waals surface area (Å²) in [6, 6.07) is 5.99. The summed E-state index contributed by atoms with van der Waals surface area (Å²) in [5, 5.41) is 51.2. The maximum absolute atomic E-state index is 11.1. The molecule has 0 unspecified atom stereocenters. The van der Waals surface area contributed by atoms with Gasteiger partial charge in [0, 0.05) is 17.4 Å². The summed E-state index contributed by atoms with van der Waals surface area (Å²) in [6.45, 7) is 0.972. The fourth-order valence-electron chi connectivity index (χ4n) is 1.08. The molecule has 0 radical (unpaired) electrons. The first-order chi connectivity index (χ1) is 10.8. The number of sulfonamides is 1. The SMILES string of the molecule is CC(=O)[O-].O=C([O-])[O-].O=S1(=O)N=C([O-])c2ccccc21.O=[N+]([O-])[O-]. The third-order valence-electron chi connectivity index (χ3n) is 1.60. The van der Waals surface area contributed by atoms with E-state index in [2.05, 4.69) is 4.40 Å². The fraction of sp³-hybridized carbons (Fsp3) is 0.100. The van der Waals surface area contributed by atoms with E-state index in [1.54, 1.807) is 12.1 Å². The maximum Gasteiger partial charge on any atom is 0.282 e. The zero-order chi connectivity index (χ0) is 19.5. The zero-order valence-corrected chi connectivity index (χ0v) is 12.4. The first kappa shape index (κ1) is 22.9. The summed E-state index contributed by atoms with van der Waals surface area (Å²) < 4.78 is 25.2. The van der Waals surface area contributed by atoms with Crippen molar-refractivity contribution in [1.29, 1.82) is 0 Å². The van der Waals surface area contributed by atoms with E-state index in [9.17, 15) is 13.5 Å². The number of hydrogen-bond donors (Lipinski definition) is 0. The van der Waals surface area contributed by atoms with Gasteiger partial charge in [0.2, 0.25) is 0 Å². The van der Waals surface area contributed by atoms with Gasteiger partial charge in [0.15, 0.2) is 0 Å². The molecule has 0 N–H and O–H groups in total. The normalized spacial score (nSPS) is 12.3. The number of benzene rings is 1. The highest BCUT2D eigenvalue weighted by atomic mass is 32.2. The third kappa shape index (κ3) is 11.3. The number of carboxylic acids is 1. The lowest BCUT2D eigenvalue weighted by Gasteiger charge is -2.01. The summed E-state index contributed by atoms with van der Waals surface area (Å²) in [7, 11) is -3.68. The minimum absolute atomic E-state index is 0.00926. The van der Waals surface area contributed by atoms with E-state index in [4.69, 9.17) is 40.2 Å². The summed E-state index contributed by atoms with van der Waals surface area (Å²) in [4.78, 5) is 25.5. The lowest BCUT2D eigenvalue weighted by atomic mass is 10.2. The van der Waals surface area contributed by atoms with Crippen LogP contribution in [0.4, 0.5) is 4.79 Å². The van der Waals surface area contributed by atoms with E-state index in [0.717, 1.165) is 6.92 Å². The number of nitrogens with zero attached hydrogens (tertiary/aromatic N) is 2. The first-order valence-corrected chi connectivity index (χ1v) is 6.73. The molecular formula is C10H7N2O11S-5. The van der Waals surface area contributed by atoms with E-state index < -0.39 is 33.1 Å². The Bertz CT molecular complexity index is 686. The van der Waals surface area contributed by atoms with Crippen molar-refractivity contribution in [3.63, 3.8) is 0 Å². The molecule has 0 saturated heterocycles. The zero-order valence-electron chi connectivity index (χ0n) is 11.6. The lowest BCUT2D eigenvalue weighted by molar-refractivity contribution is -0.415. The second kappa shape index (κ2) is 10.3. The molecule has 0 saturated carbocycles. The standard InChI is InChI=1S/C7H5NO3S.C2H4O2.CH2O3.NO3/c9-7-5-3-1-2-4-6(5)12(10,11)8-7;1-2(3)4;2*2-1(3)4/h1-4H,(H,8,9);1H3,(H,3,4);(H2,2,3,4);/q;;;-1/p-4. The van der Waals surface area contributed by atoms with Gasteiger partial charge >= 0.3 is 0 Å². The average molecular weight is 363 g/mol. The Morgan fingerprint density at radius 3 is 1.75 bits per heavy atom. The molecule has 0 amide bonds. The van der Waals surface area contributed by atoms with Crippen LogP contribution in [0.3, 0.4) is 0 Å². The molecule has 24 heavy (non-hydrogen) atoms. The molecular weight excluding hydrogens is 356 g/mol. The first-order valence-electron chi connectivity index (χ1n) is 5.29. The van der Waals surface area contributed by atoms with Crippen LogP contribution in [-0.4, -0.2) is 31.5 Å². The van der Waals surface area contributed by atoms with Gasteiger partial charge in [-0.2, -0.15) is 12.8 Å². The fourth-order valence-corrected chi connectivity index (χ4v) is 2.17. The second-order valence-electron chi connectivity index (χ2n) is 3.33. The van der Waals surface area contributed by atoms with Gasteiger partial charge in [-0.15, -0.1) is 0 Å². The van der Waals surface area contributed by atoms with E-state index >= 15 is 0 Å². The number of aliphatic carboxylic acids is 1. The highest BCUT2D eigenvalue weighted by Crippen LogP contribution is 2.23. The second-order valence-corrected chi connectivity index (χ2v) is 4.91. The van der Waals surface area contributed by atoms with Gasteiger partial charge in [-0.3, -0.25) is 0 Å².